The van der Waals surface area contributed by atoms with Gasteiger partial charge in [-0.3, -0.25) is 9.59 Å². The van der Waals surface area contributed by atoms with E-state index in [1.807, 2.05) is 18.2 Å². The van der Waals surface area contributed by atoms with Crippen molar-refractivity contribution in [1.82, 2.24) is 5.32 Å². The molecule has 1 atom stereocenters. The number of hydrogen-bond acceptors (Lipinski definition) is 5. The monoisotopic (exact) mass is 466 g/mol. The highest BCUT2D eigenvalue weighted by Crippen LogP contribution is 2.36. The van der Waals surface area contributed by atoms with E-state index in [0.717, 1.165) is 17.7 Å². The third-order valence-corrected chi connectivity index (χ3v) is 6.30. The van der Waals surface area contributed by atoms with E-state index in [1.165, 1.54) is 36.3 Å². The number of nitrogens with one attached hydrogen (secondary N) is 2. The molecule has 0 saturated heterocycles. The van der Waals surface area contributed by atoms with Crippen LogP contribution in [0.3, 0.4) is 0 Å². The van der Waals surface area contributed by atoms with E-state index >= 15 is 0 Å². The zero-order chi connectivity index (χ0) is 23.2. The fraction of sp³-hybridized carbons (Fsp3) is 0.200. The van der Waals surface area contributed by atoms with Crippen molar-refractivity contribution in [2.45, 2.75) is 17.4 Å². The minimum Gasteiger partial charge on any atom is -0.493 e. The summed E-state index contributed by atoms with van der Waals surface area (Å²) >= 11 is 1.79. The van der Waals surface area contributed by atoms with Crippen LogP contribution in [0.5, 0.6) is 11.5 Å². The minimum absolute atomic E-state index is 0.0490. The normalized spacial score (nSPS) is 14.7. The van der Waals surface area contributed by atoms with E-state index in [4.69, 9.17) is 9.47 Å². The number of fused-ring (bicyclic) bond motifs is 1. The van der Waals surface area contributed by atoms with Crippen molar-refractivity contribution in [3.63, 3.8) is 0 Å². The van der Waals surface area contributed by atoms with Crippen molar-refractivity contribution in [1.29, 1.82) is 0 Å². The zero-order valence-electron chi connectivity index (χ0n) is 18.0. The predicted molar refractivity (Wildman–Crippen MR) is 126 cm³/mol. The number of amides is 2. The van der Waals surface area contributed by atoms with Crippen molar-refractivity contribution < 1.29 is 23.5 Å². The van der Waals surface area contributed by atoms with Crippen molar-refractivity contribution >= 4 is 29.3 Å². The summed E-state index contributed by atoms with van der Waals surface area (Å²) in [5.74, 6) is 0.627. The molecule has 0 spiro atoms. The van der Waals surface area contributed by atoms with Gasteiger partial charge < -0.3 is 20.1 Å². The molecule has 1 heterocycles. The zero-order valence-corrected chi connectivity index (χ0v) is 18.8. The maximum absolute atomic E-state index is 13.0. The Morgan fingerprint density at radius 3 is 2.64 bits per heavy atom. The third kappa shape index (κ3) is 5.64. The summed E-state index contributed by atoms with van der Waals surface area (Å²) in [5, 5.41) is 5.73. The van der Waals surface area contributed by atoms with Crippen LogP contribution in [0, 0.1) is 5.82 Å². The van der Waals surface area contributed by atoms with Crippen LogP contribution in [0.2, 0.25) is 0 Å². The molecule has 1 aliphatic heterocycles. The highest BCUT2D eigenvalue weighted by molar-refractivity contribution is 7.99. The second kappa shape index (κ2) is 10.4. The fourth-order valence-electron chi connectivity index (χ4n) is 3.54. The van der Waals surface area contributed by atoms with Crippen LogP contribution in [0.15, 0.2) is 71.6 Å². The number of rotatable bonds is 7. The van der Waals surface area contributed by atoms with Crippen LogP contribution in [-0.4, -0.2) is 31.3 Å². The lowest BCUT2D eigenvalue weighted by atomic mass is 10.0. The van der Waals surface area contributed by atoms with Gasteiger partial charge in [0.25, 0.3) is 11.8 Å². The van der Waals surface area contributed by atoms with Gasteiger partial charge in [0.1, 0.15) is 5.82 Å². The Bertz CT molecular complexity index is 1150. The Kier molecular flexibility index (Phi) is 7.14. The Hall–Kier alpha value is -3.52. The van der Waals surface area contributed by atoms with Gasteiger partial charge >= 0.3 is 0 Å². The summed E-state index contributed by atoms with van der Waals surface area (Å²) < 4.78 is 23.9. The topological polar surface area (TPSA) is 76.7 Å². The SMILES string of the molecule is COc1cc(C(=O)NC2CCSc3ccccc32)ccc1OCC(=O)Nc1ccc(F)cc1. The number of anilines is 1. The molecular weight excluding hydrogens is 443 g/mol. The van der Waals surface area contributed by atoms with Crippen molar-refractivity contribution in [2.24, 2.45) is 0 Å². The summed E-state index contributed by atoms with van der Waals surface area (Å²) in [4.78, 5) is 26.2. The van der Waals surface area contributed by atoms with Crippen LogP contribution < -0.4 is 20.1 Å². The quantitative estimate of drug-likeness (QED) is 0.522. The van der Waals surface area contributed by atoms with Crippen LogP contribution >= 0.6 is 11.8 Å². The predicted octanol–water partition coefficient (Wildman–Crippen LogP) is 4.82. The maximum Gasteiger partial charge on any atom is 0.262 e. The molecule has 3 aromatic rings. The van der Waals surface area contributed by atoms with Crippen molar-refractivity contribution in [3.05, 3.63) is 83.7 Å². The van der Waals surface area contributed by atoms with Gasteiger partial charge in [-0.05, 0) is 60.5 Å². The minimum atomic E-state index is -0.403. The van der Waals surface area contributed by atoms with Gasteiger partial charge in [0, 0.05) is 21.9 Å². The highest BCUT2D eigenvalue weighted by atomic mass is 32.2. The Balaban J connectivity index is 1.39. The molecule has 0 bridgehead atoms. The van der Waals surface area contributed by atoms with E-state index in [-0.39, 0.29) is 24.4 Å². The Morgan fingerprint density at radius 2 is 1.85 bits per heavy atom. The van der Waals surface area contributed by atoms with Crippen molar-refractivity contribution in [2.75, 3.05) is 24.8 Å². The number of carbonyl (C=O) groups excluding carboxylic acids is 2. The summed E-state index contributed by atoms with van der Waals surface area (Å²) in [7, 11) is 1.47. The van der Waals surface area contributed by atoms with E-state index < -0.39 is 5.91 Å². The first-order valence-corrected chi connectivity index (χ1v) is 11.4. The maximum atomic E-state index is 13.0. The second-order valence-electron chi connectivity index (χ2n) is 7.41. The van der Waals surface area contributed by atoms with E-state index in [9.17, 15) is 14.0 Å². The smallest absolute Gasteiger partial charge is 0.262 e. The average molecular weight is 467 g/mol. The van der Waals surface area contributed by atoms with Crippen molar-refractivity contribution in [3.8, 4) is 11.5 Å². The summed E-state index contributed by atoms with van der Waals surface area (Å²) in [6.07, 6.45) is 0.856. The molecule has 3 aromatic carbocycles. The number of hydrogen-bond donors (Lipinski definition) is 2. The molecule has 0 radical (unpaired) electrons. The molecule has 0 saturated carbocycles. The van der Waals surface area contributed by atoms with Gasteiger partial charge in [-0.15, -0.1) is 11.8 Å². The molecule has 0 fully saturated rings. The van der Waals surface area contributed by atoms with Crippen LogP contribution in [0.4, 0.5) is 10.1 Å². The average Bonchev–Trinajstić information content (AvgIpc) is 2.84. The van der Waals surface area contributed by atoms with Crippen LogP contribution in [0.25, 0.3) is 0 Å². The number of ether oxygens (including phenoxy) is 2. The van der Waals surface area contributed by atoms with Gasteiger partial charge in [0.15, 0.2) is 18.1 Å². The third-order valence-electron chi connectivity index (χ3n) is 5.18. The largest absolute Gasteiger partial charge is 0.493 e. The van der Waals surface area contributed by atoms with E-state index in [1.54, 1.807) is 30.0 Å². The van der Waals surface area contributed by atoms with E-state index in [0.29, 0.717) is 22.7 Å². The molecule has 8 heteroatoms. The summed E-state index contributed by atoms with van der Waals surface area (Å²) in [5.41, 5.74) is 2.03. The molecule has 2 N–H and O–H groups in total. The fourth-order valence-corrected chi connectivity index (χ4v) is 4.66. The molecule has 1 unspecified atom stereocenters. The van der Waals surface area contributed by atoms with Gasteiger partial charge in [-0.25, -0.2) is 4.39 Å². The number of halogens is 1. The molecule has 6 nitrogen and oxygen atoms in total. The van der Waals surface area contributed by atoms with E-state index in [2.05, 4.69) is 16.7 Å². The first kappa shape index (κ1) is 22.7. The van der Waals surface area contributed by atoms with Gasteiger partial charge in [0.05, 0.1) is 13.2 Å². The van der Waals surface area contributed by atoms with Gasteiger partial charge in [0.2, 0.25) is 0 Å². The van der Waals surface area contributed by atoms with Crippen LogP contribution in [0.1, 0.15) is 28.4 Å². The molecular formula is C25H23FN2O4S. The molecule has 0 aromatic heterocycles. The Labute approximate surface area is 195 Å². The van der Waals surface area contributed by atoms with Gasteiger partial charge in [-0.1, -0.05) is 18.2 Å². The van der Waals surface area contributed by atoms with Gasteiger partial charge in [-0.2, -0.15) is 0 Å². The number of benzene rings is 3. The number of thioether (sulfide) groups is 1. The first-order chi connectivity index (χ1) is 16.0. The lowest BCUT2D eigenvalue weighted by molar-refractivity contribution is -0.118. The summed E-state index contributed by atoms with van der Waals surface area (Å²) in [6.45, 7) is -0.268. The molecule has 0 aliphatic carbocycles. The highest BCUT2D eigenvalue weighted by Gasteiger charge is 2.23. The molecule has 4 rings (SSSR count). The lowest BCUT2D eigenvalue weighted by Gasteiger charge is -2.26. The first-order valence-electron chi connectivity index (χ1n) is 10.4. The Morgan fingerprint density at radius 1 is 1.06 bits per heavy atom. The number of carbonyl (C=O) groups is 2. The second-order valence-corrected chi connectivity index (χ2v) is 8.55. The van der Waals surface area contributed by atoms with Crippen LogP contribution in [-0.2, 0) is 4.79 Å². The standard InChI is InChI=1S/C25H23FN2O4S/c1-31-22-14-16(25(30)28-20-12-13-33-23-5-3-2-4-19(20)23)6-11-21(22)32-15-24(29)27-18-9-7-17(26)8-10-18/h2-11,14,20H,12-13,15H2,1H3,(H,27,29)(H,28,30). The molecule has 170 valence electrons. The lowest BCUT2D eigenvalue weighted by Crippen LogP contribution is -2.30. The number of methoxy groups -OCH3 is 1. The molecule has 2 amide bonds. The molecule has 1 aliphatic rings. The summed E-state index contributed by atoms with van der Waals surface area (Å²) in [6, 6.07) is 18.3. The molecule has 33 heavy (non-hydrogen) atoms.